The molecule has 1 aromatic rings. The molecule has 6 nitrogen and oxygen atoms in total. The van der Waals surface area contributed by atoms with E-state index < -0.39 is 0 Å². The lowest BCUT2D eigenvalue weighted by Crippen LogP contribution is -2.48. The van der Waals surface area contributed by atoms with Gasteiger partial charge in [0, 0.05) is 45.8 Å². The summed E-state index contributed by atoms with van der Waals surface area (Å²) in [5.74, 6) is 0.228. The number of hydrogen-bond acceptors (Lipinski definition) is 4. The van der Waals surface area contributed by atoms with Crippen molar-refractivity contribution in [2.45, 2.75) is 12.8 Å². The monoisotopic (exact) mass is 251 g/mol. The van der Waals surface area contributed by atoms with Crippen LogP contribution in [0.3, 0.4) is 0 Å². The van der Waals surface area contributed by atoms with E-state index in [-0.39, 0.29) is 5.91 Å². The molecule has 2 N–H and O–H groups in total. The Hall–Kier alpha value is -1.56. The van der Waals surface area contributed by atoms with E-state index in [0.717, 1.165) is 38.3 Å². The second-order valence-electron chi connectivity index (χ2n) is 4.63. The molecule has 1 saturated heterocycles. The number of hydrogen-bond donors (Lipinski definition) is 1. The first kappa shape index (κ1) is 12.9. The maximum atomic E-state index is 11.8. The van der Waals surface area contributed by atoms with E-state index in [2.05, 4.69) is 10.00 Å². The summed E-state index contributed by atoms with van der Waals surface area (Å²) in [6.45, 7) is 3.91. The Morgan fingerprint density at radius 2 is 2.11 bits per heavy atom. The highest BCUT2D eigenvalue weighted by Crippen LogP contribution is 2.15. The summed E-state index contributed by atoms with van der Waals surface area (Å²) >= 11 is 0. The quantitative estimate of drug-likeness (QED) is 0.805. The number of nitrogens with two attached hydrogens (primary N) is 1. The fourth-order valence-electron chi connectivity index (χ4n) is 2.20. The van der Waals surface area contributed by atoms with Crippen LogP contribution >= 0.6 is 0 Å². The van der Waals surface area contributed by atoms with Crippen LogP contribution in [0.25, 0.3) is 0 Å². The molecule has 0 spiro atoms. The van der Waals surface area contributed by atoms with Crippen molar-refractivity contribution in [3.8, 4) is 0 Å². The molecule has 0 aromatic carbocycles. The lowest BCUT2D eigenvalue weighted by atomic mass is 10.2. The number of piperazine rings is 1. The molecule has 6 heteroatoms. The first-order chi connectivity index (χ1) is 8.70. The molecular weight excluding hydrogens is 230 g/mol. The third kappa shape index (κ3) is 3.01. The van der Waals surface area contributed by atoms with Crippen molar-refractivity contribution < 1.29 is 4.79 Å². The molecule has 1 amide bonds. The number of anilines is 1. The third-order valence-corrected chi connectivity index (χ3v) is 3.28. The number of aryl methyl sites for hydroxylation is 1. The van der Waals surface area contributed by atoms with Crippen LogP contribution in [0, 0.1) is 0 Å². The van der Waals surface area contributed by atoms with E-state index in [1.54, 1.807) is 4.68 Å². The molecule has 2 rings (SSSR count). The van der Waals surface area contributed by atoms with E-state index in [4.69, 9.17) is 5.73 Å². The van der Waals surface area contributed by atoms with Gasteiger partial charge in [0.05, 0.1) is 11.9 Å². The number of rotatable bonds is 4. The number of nitrogens with zero attached hydrogens (tertiary/aromatic N) is 4. The maximum Gasteiger partial charge on any atom is 0.222 e. The van der Waals surface area contributed by atoms with E-state index in [9.17, 15) is 4.79 Å². The van der Waals surface area contributed by atoms with Crippen molar-refractivity contribution in [2.75, 3.05) is 37.6 Å². The lowest BCUT2D eigenvalue weighted by molar-refractivity contribution is -0.131. The molecule has 18 heavy (non-hydrogen) atoms. The van der Waals surface area contributed by atoms with Gasteiger partial charge in [0.15, 0.2) is 0 Å². The normalized spacial score (nSPS) is 16.1. The SMILES string of the molecule is Cn1cc(N2CCN(C(=O)CCCN)CC2)cn1. The van der Waals surface area contributed by atoms with Gasteiger partial charge in [0.1, 0.15) is 0 Å². The first-order valence-corrected chi connectivity index (χ1v) is 6.42. The highest BCUT2D eigenvalue weighted by Gasteiger charge is 2.21. The topological polar surface area (TPSA) is 67.4 Å². The van der Waals surface area contributed by atoms with E-state index in [1.165, 1.54) is 0 Å². The molecule has 2 heterocycles. The highest BCUT2D eigenvalue weighted by atomic mass is 16.2. The van der Waals surface area contributed by atoms with Crippen molar-refractivity contribution in [1.29, 1.82) is 0 Å². The second kappa shape index (κ2) is 5.86. The summed E-state index contributed by atoms with van der Waals surface area (Å²) < 4.78 is 1.80. The van der Waals surface area contributed by atoms with Gasteiger partial charge in [-0.05, 0) is 13.0 Å². The molecule has 0 saturated carbocycles. The molecule has 100 valence electrons. The van der Waals surface area contributed by atoms with Crippen molar-refractivity contribution in [2.24, 2.45) is 12.8 Å². The second-order valence-corrected chi connectivity index (χ2v) is 4.63. The molecule has 0 atom stereocenters. The first-order valence-electron chi connectivity index (χ1n) is 6.42. The minimum Gasteiger partial charge on any atom is -0.365 e. The minimum atomic E-state index is 0.228. The van der Waals surface area contributed by atoms with E-state index in [1.807, 2.05) is 24.3 Å². The number of amides is 1. The number of carbonyl (C=O) groups is 1. The molecule has 0 aliphatic carbocycles. The average Bonchev–Trinajstić information content (AvgIpc) is 2.83. The standard InChI is InChI=1S/C12H21N5O/c1-15-10-11(9-14-15)16-5-7-17(8-6-16)12(18)3-2-4-13/h9-10H,2-8,13H2,1H3. The van der Waals surface area contributed by atoms with Gasteiger partial charge in [-0.15, -0.1) is 0 Å². The van der Waals surface area contributed by atoms with Crippen LogP contribution in [0.2, 0.25) is 0 Å². The highest BCUT2D eigenvalue weighted by molar-refractivity contribution is 5.76. The Morgan fingerprint density at radius 3 is 2.67 bits per heavy atom. The van der Waals surface area contributed by atoms with Crippen molar-refractivity contribution in [3.05, 3.63) is 12.4 Å². The molecule has 0 radical (unpaired) electrons. The Bertz CT molecular complexity index is 395. The van der Waals surface area contributed by atoms with Crippen molar-refractivity contribution in [3.63, 3.8) is 0 Å². The summed E-state index contributed by atoms with van der Waals surface area (Å²) in [5, 5.41) is 4.17. The molecule has 1 aliphatic heterocycles. The van der Waals surface area contributed by atoms with Gasteiger partial charge in [-0.3, -0.25) is 9.48 Å². The summed E-state index contributed by atoms with van der Waals surface area (Å²) in [4.78, 5) is 16.0. The summed E-state index contributed by atoms with van der Waals surface area (Å²) in [6, 6.07) is 0. The third-order valence-electron chi connectivity index (χ3n) is 3.28. The number of carbonyl (C=O) groups excluding carboxylic acids is 1. The fraction of sp³-hybridized carbons (Fsp3) is 0.667. The molecular formula is C12H21N5O. The van der Waals surface area contributed by atoms with Crippen LogP contribution in [-0.2, 0) is 11.8 Å². The Kier molecular flexibility index (Phi) is 4.19. The summed E-state index contributed by atoms with van der Waals surface area (Å²) in [6.07, 6.45) is 5.23. The lowest BCUT2D eigenvalue weighted by Gasteiger charge is -2.35. The fourth-order valence-corrected chi connectivity index (χ4v) is 2.20. The minimum absolute atomic E-state index is 0.228. The zero-order valence-electron chi connectivity index (χ0n) is 10.9. The van der Waals surface area contributed by atoms with Crippen LogP contribution in [0.15, 0.2) is 12.4 Å². The average molecular weight is 251 g/mol. The van der Waals surface area contributed by atoms with Gasteiger partial charge in [-0.2, -0.15) is 5.10 Å². The summed E-state index contributed by atoms with van der Waals surface area (Å²) in [7, 11) is 1.91. The van der Waals surface area contributed by atoms with Crippen LogP contribution in [0.4, 0.5) is 5.69 Å². The maximum absolute atomic E-state index is 11.8. The zero-order chi connectivity index (χ0) is 13.0. The van der Waals surface area contributed by atoms with Gasteiger partial charge in [-0.25, -0.2) is 0 Å². The van der Waals surface area contributed by atoms with Crippen LogP contribution in [-0.4, -0.2) is 53.3 Å². The zero-order valence-corrected chi connectivity index (χ0v) is 10.9. The summed E-state index contributed by atoms with van der Waals surface area (Å²) in [5.41, 5.74) is 6.55. The molecule has 0 bridgehead atoms. The van der Waals surface area contributed by atoms with Crippen LogP contribution in [0.1, 0.15) is 12.8 Å². The van der Waals surface area contributed by atoms with Crippen molar-refractivity contribution >= 4 is 11.6 Å². The van der Waals surface area contributed by atoms with E-state index >= 15 is 0 Å². The Labute approximate surface area is 107 Å². The number of aromatic nitrogens is 2. The molecule has 1 fully saturated rings. The predicted octanol–water partition coefficient (Wildman–Crippen LogP) is -0.192. The largest absolute Gasteiger partial charge is 0.365 e. The molecule has 1 aliphatic rings. The van der Waals surface area contributed by atoms with Gasteiger partial charge < -0.3 is 15.5 Å². The van der Waals surface area contributed by atoms with Crippen LogP contribution < -0.4 is 10.6 Å². The molecule has 1 aromatic heterocycles. The van der Waals surface area contributed by atoms with Gasteiger partial charge in [0.2, 0.25) is 5.91 Å². The van der Waals surface area contributed by atoms with Gasteiger partial charge >= 0.3 is 0 Å². The van der Waals surface area contributed by atoms with Crippen molar-refractivity contribution in [1.82, 2.24) is 14.7 Å². The van der Waals surface area contributed by atoms with Crippen LogP contribution in [0.5, 0.6) is 0 Å². The van der Waals surface area contributed by atoms with Gasteiger partial charge in [-0.1, -0.05) is 0 Å². The van der Waals surface area contributed by atoms with E-state index in [0.29, 0.717) is 13.0 Å². The Morgan fingerprint density at radius 1 is 1.39 bits per heavy atom. The predicted molar refractivity (Wildman–Crippen MR) is 70.3 cm³/mol. The smallest absolute Gasteiger partial charge is 0.222 e. The molecule has 0 unspecified atom stereocenters. The Balaban J connectivity index is 1.82. The van der Waals surface area contributed by atoms with Gasteiger partial charge in [0.25, 0.3) is 0 Å².